The average molecular weight is 296 g/mol. The molecular formula is C14H8N4O2S. The second-order valence-corrected chi connectivity index (χ2v) is 5.40. The minimum absolute atomic E-state index is 0.213. The molecule has 2 aromatic carbocycles. The van der Waals surface area contributed by atoms with E-state index in [-0.39, 0.29) is 5.56 Å². The molecule has 0 saturated heterocycles. The van der Waals surface area contributed by atoms with Crippen LogP contribution in [0.5, 0.6) is 0 Å². The number of fused-ring (bicyclic) bond motifs is 2. The largest absolute Gasteiger partial charge is 0.478 e. The Morgan fingerprint density at radius 3 is 2.86 bits per heavy atom. The zero-order chi connectivity index (χ0) is 14.4. The van der Waals surface area contributed by atoms with Gasteiger partial charge in [-0.3, -0.25) is 0 Å². The van der Waals surface area contributed by atoms with Gasteiger partial charge in [0.25, 0.3) is 0 Å². The first-order valence-electron chi connectivity index (χ1n) is 6.15. The van der Waals surface area contributed by atoms with Crippen molar-refractivity contribution >= 4 is 38.6 Å². The Hall–Kier alpha value is -2.80. The van der Waals surface area contributed by atoms with Crippen molar-refractivity contribution in [1.29, 1.82) is 0 Å². The molecule has 0 aliphatic rings. The fraction of sp³-hybridized carbons (Fsp3) is 0. The molecule has 2 aromatic heterocycles. The molecule has 2 heterocycles. The van der Waals surface area contributed by atoms with E-state index in [1.54, 1.807) is 33.7 Å². The molecule has 0 unspecified atom stereocenters. The highest BCUT2D eigenvalue weighted by Gasteiger charge is 2.11. The number of thiazole rings is 1. The summed E-state index contributed by atoms with van der Waals surface area (Å²) in [7, 11) is 0. The maximum Gasteiger partial charge on any atom is 0.335 e. The number of rotatable bonds is 2. The summed E-state index contributed by atoms with van der Waals surface area (Å²) in [5.41, 5.74) is 5.08. The number of hydrogen-bond donors (Lipinski definition) is 1. The first-order valence-corrected chi connectivity index (χ1v) is 7.03. The molecule has 0 saturated carbocycles. The van der Waals surface area contributed by atoms with Gasteiger partial charge in [-0.25, -0.2) is 14.5 Å². The van der Waals surface area contributed by atoms with Crippen LogP contribution >= 0.6 is 11.3 Å². The Bertz CT molecular complexity index is 989. The molecule has 0 fully saturated rings. The van der Waals surface area contributed by atoms with E-state index in [2.05, 4.69) is 15.3 Å². The zero-order valence-corrected chi connectivity index (χ0v) is 11.4. The van der Waals surface area contributed by atoms with E-state index in [0.717, 1.165) is 15.9 Å². The van der Waals surface area contributed by atoms with Gasteiger partial charge >= 0.3 is 5.97 Å². The second kappa shape index (κ2) is 4.35. The minimum Gasteiger partial charge on any atom is -0.478 e. The van der Waals surface area contributed by atoms with E-state index in [9.17, 15) is 4.79 Å². The van der Waals surface area contributed by atoms with Gasteiger partial charge in [0.1, 0.15) is 5.52 Å². The lowest BCUT2D eigenvalue weighted by atomic mass is 10.2. The fourth-order valence-electron chi connectivity index (χ4n) is 2.22. The molecule has 0 amide bonds. The van der Waals surface area contributed by atoms with Crippen molar-refractivity contribution in [2.75, 3.05) is 0 Å². The van der Waals surface area contributed by atoms with Crippen LogP contribution in [0.25, 0.3) is 26.9 Å². The second-order valence-electron chi connectivity index (χ2n) is 4.51. The zero-order valence-electron chi connectivity index (χ0n) is 10.6. The number of carbonyl (C=O) groups is 1. The van der Waals surface area contributed by atoms with Crippen LogP contribution in [-0.4, -0.2) is 31.1 Å². The third-order valence-electron chi connectivity index (χ3n) is 3.25. The lowest BCUT2D eigenvalue weighted by Gasteiger charge is -2.02. The summed E-state index contributed by atoms with van der Waals surface area (Å²) in [4.78, 5) is 15.3. The molecule has 0 bridgehead atoms. The van der Waals surface area contributed by atoms with Gasteiger partial charge in [0.05, 0.1) is 32.5 Å². The van der Waals surface area contributed by atoms with Crippen molar-refractivity contribution in [3.63, 3.8) is 0 Å². The Balaban J connectivity index is 1.96. The van der Waals surface area contributed by atoms with Crippen LogP contribution < -0.4 is 0 Å². The predicted octanol–water partition coefficient (Wildman–Crippen LogP) is 2.73. The minimum atomic E-state index is -0.970. The maximum absolute atomic E-state index is 11.1. The third-order valence-corrected chi connectivity index (χ3v) is 4.04. The topological polar surface area (TPSA) is 80.9 Å². The van der Waals surface area contributed by atoms with Crippen LogP contribution in [0.3, 0.4) is 0 Å². The van der Waals surface area contributed by atoms with Crippen LogP contribution in [0, 0.1) is 0 Å². The van der Waals surface area contributed by atoms with Gasteiger partial charge < -0.3 is 5.11 Å². The first kappa shape index (κ1) is 12.0. The standard InChI is InChI=1S/C14H8N4O2S/c19-14(20)8-1-3-10-12(5-8)18(17-16-10)9-2-4-11-13(6-9)21-7-15-11/h1-7H,(H,19,20). The molecule has 21 heavy (non-hydrogen) atoms. The number of aromatic nitrogens is 4. The van der Waals surface area contributed by atoms with Gasteiger partial charge in [-0.15, -0.1) is 16.4 Å². The molecule has 0 radical (unpaired) electrons. The van der Waals surface area contributed by atoms with Gasteiger partial charge in [0.2, 0.25) is 0 Å². The summed E-state index contributed by atoms with van der Waals surface area (Å²) in [5.74, 6) is -0.970. The predicted molar refractivity (Wildman–Crippen MR) is 79.0 cm³/mol. The van der Waals surface area contributed by atoms with E-state index in [0.29, 0.717) is 11.0 Å². The summed E-state index contributed by atoms with van der Waals surface area (Å²) >= 11 is 1.55. The van der Waals surface area contributed by atoms with Gasteiger partial charge in [-0.05, 0) is 36.4 Å². The van der Waals surface area contributed by atoms with Gasteiger partial charge in [0, 0.05) is 0 Å². The van der Waals surface area contributed by atoms with Gasteiger partial charge in [0.15, 0.2) is 0 Å². The van der Waals surface area contributed by atoms with E-state index in [1.165, 1.54) is 6.07 Å². The van der Waals surface area contributed by atoms with Gasteiger partial charge in [-0.2, -0.15) is 0 Å². The van der Waals surface area contributed by atoms with Crippen molar-refractivity contribution in [2.45, 2.75) is 0 Å². The summed E-state index contributed by atoms with van der Waals surface area (Å²) < 4.78 is 2.69. The van der Waals surface area contributed by atoms with Crippen molar-refractivity contribution in [3.05, 3.63) is 47.5 Å². The summed E-state index contributed by atoms with van der Waals surface area (Å²) in [6.45, 7) is 0. The lowest BCUT2D eigenvalue weighted by Crippen LogP contribution is -1.99. The Kier molecular flexibility index (Phi) is 2.48. The van der Waals surface area contributed by atoms with Crippen LogP contribution in [0.15, 0.2) is 41.9 Å². The molecule has 0 spiro atoms. The van der Waals surface area contributed by atoms with E-state index < -0.39 is 5.97 Å². The average Bonchev–Trinajstić information content (AvgIpc) is 3.12. The number of carboxylic acid groups (broad SMARTS) is 1. The van der Waals surface area contributed by atoms with Crippen molar-refractivity contribution in [3.8, 4) is 5.69 Å². The molecule has 1 N–H and O–H groups in total. The molecule has 0 atom stereocenters. The summed E-state index contributed by atoms with van der Waals surface area (Å²) in [6.07, 6.45) is 0. The van der Waals surface area contributed by atoms with Crippen LogP contribution in [-0.2, 0) is 0 Å². The van der Waals surface area contributed by atoms with Crippen molar-refractivity contribution < 1.29 is 9.90 Å². The van der Waals surface area contributed by atoms with E-state index in [4.69, 9.17) is 5.11 Å². The molecule has 102 valence electrons. The fourth-order valence-corrected chi connectivity index (χ4v) is 2.93. The number of carboxylic acids is 1. The van der Waals surface area contributed by atoms with E-state index in [1.807, 2.05) is 18.2 Å². The quantitative estimate of drug-likeness (QED) is 0.615. The maximum atomic E-state index is 11.1. The SMILES string of the molecule is O=C(O)c1ccc2nnn(-c3ccc4ncsc4c3)c2c1. The normalized spacial score (nSPS) is 11.2. The Morgan fingerprint density at radius 2 is 2.00 bits per heavy atom. The summed E-state index contributed by atoms with van der Waals surface area (Å²) in [6, 6.07) is 10.5. The van der Waals surface area contributed by atoms with Crippen molar-refractivity contribution in [1.82, 2.24) is 20.0 Å². The first-order chi connectivity index (χ1) is 10.2. The molecule has 4 rings (SSSR count). The number of benzene rings is 2. The highest BCUT2D eigenvalue weighted by Crippen LogP contribution is 2.23. The van der Waals surface area contributed by atoms with Crippen LogP contribution in [0.1, 0.15) is 10.4 Å². The third kappa shape index (κ3) is 1.86. The summed E-state index contributed by atoms with van der Waals surface area (Å²) in [5, 5.41) is 17.3. The Morgan fingerprint density at radius 1 is 1.14 bits per heavy atom. The Labute approximate surface area is 122 Å². The smallest absolute Gasteiger partial charge is 0.335 e. The van der Waals surface area contributed by atoms with Crippen LogP contribution in [0.2, 0.25) is 0 Å². The highest BCUT2D eigenvalue weighted by molar-refractivity contribution is 7.16. The molecular weight excluding hydrogens is 288 g/mol. The number of hydrogen-bond acceptors (Lipinski definition) is 5. The van der Waals surface area contributed by atoms with Gasteiger partial charge in [-0.1, -0.05) is 5.21 Å². The van der Waals surface area contributed by atoms with E-state index >= 15 is 0 Å². The highest BCUT2D eigenvalue weighted by atomic mass is 32.1. The number of nitrogens with zero attached hydrogens (tertiary/aromatic N) is 4. The van der Waals surface area contributed by atoms with Crippen LogP contribution in [0.4, 0.5) is 0 Å². The molecule has 6 nitrogen and oxygen atoms in total. The molecule has 0 aliphatic heterocycles. The monoisotopic (exact) mass is 296 g/mol. The molecule has 4 aromatic rings. The molecule has 0 aliphatic carbocycles. The number of aromatic carboxylic acids is 1. The molecule has 7 heteroatoms. The van der Waals surface area contributed by atoms with Crippen molar-refractivity contribution in [2.24, 2.45) is 0 Å². The lowest BCUT2D eigenvalue weighted by molar-refractivity contribution is 0.0697.